The van der Waals surface area contributed by atoms with E-state index in [-0.39, 0.29) is 26.9 Å². The molecule has 2 rings (SSSR count). The first-order valence-corrected chi connectivity index (χ1v) is 8.60. The molecular formula is C14H12Cl2N2O4S. The number of hydrogen-bond acceptors (Lipinski definition) is 4. The normalized spacial score (nSPS) is 11.3. The quantitative estimate of drug-likeness (QED) is 0.637. The van der Waals surface area contributed by atoms with Gasteiger partial charge in [0.2, 0.25) is 0 Å². The number of hydrogen-bond donors (Lipinski definition) is 1. The first-order chi connectivity index (χ1) is 10.6. The van der Waals surface area contributed by atoms with Gasteiger partial charge in [0.25, 0.3) is 15.7 Å². The van der Waals surface area contributed by atoms with Crippen LogP contribution in [0, 0.1) is 24.0 Å². The molecule has 0 atom stereocenters. The van der Waals surface area contributed by atoms with Gasteiger partial charge in [-0.25, -0.2) is 8.42 Å². The van der Waals surface area contributed by atoms with Crippen LogP contribution in [0.5, 0.6) is 0 Å². The van der Waals surface area contributed by atoms with E-state index in [1.807, 2.05) is 0 Å². The number of rotatable bonds is 4. The number of nitro benzene ring substituents is 1. The van der Waals surface area contributed by atoms with E-state index in [9.17, 15) is 18.5 Å². The lowest BCUT2D eigenvalue weighted by Gasteiger charge is -2.12. The van der Waals surface area contributed by atoms with Crippen LogP contribution in [0.1, 0.15) is 11.1 Å². The van der Waals surface area contributed by atoms with Crippen molar-refractivity contribution in [3.8, 4) is 0 Å². The molecule has 6 nitrogen and oxygen atoms in total. The number of anilines is 1. The maximum absolute atomic E-state index is 12.5. The number of nitro groups is 1. The topological polar surface area (TPSA) is 89.3 Å². The highest BCUT2D eigenvalue weighted by molar-refractivity contribution is 7.92. The standard InChI is InChI=1S/C14H12Cl2N2O4S/c1-8-11(15)4-3-5-13(8)17-23(21,22)10-6-12(16)9(2)14(7-10)18(19)20/h3-7,17H,1-2H3. The second-order valence-corrected chi connectivity index (χ2v) is 7.32. The van der Waals surface area contributed by atoms with Crippen LogP contribution < -0.4 is 4.72 Å². The Kier molecular flexibility index (Phi) is 4.84. The average molecular weight is 375 g/mol. The van der Waals surface area contributed by atoms with Crippen LogP contribution in [-0.4, -0.2) is 13.3 Å². The molecule has 0 heterocycles. The Labute approximate surface area is 143 Å². The molecule has 0 aliphatic heterocycles. The first-order valence-electron chi connectivity index (χ1n) is 6.36. The van der Waals surface area contributed by atoms with Gasteiger partial charge in [-0.1, -0.05) is 29.3 Å². The molecule has 0 spiro atoms. The van der Waals surface area contributed by atoms with Crippen LogP contribution in [0.3, 0.4) is 0 Å². The molecule has 0 fully saturated rings. The van der Waals surface area contributed by atoms with Gasteiger partial charge in [-0.3, -0.25) is 14.8 Å². The van der Waals surface area contributed by atoms with E-state index in [0.29, 0.717) is 10.6 Å². The molecule has 2 aromatic carbocycles. The third kappa shape index (κ3) is 3.57. The van der Waals surface area contributed by atoms with Gasteiger partial charge in [-0.05, 0) is 37.6 Å². The molecule has 23 heavy (non-hydrogen) atoms. The molecule has 0 aliphatic rings. The summed E-state index contributed by atoms with van der Waals surface area (Å²) in [5.74, 6) is 0. The van der Waals surface area contributed by atoms with Crippen molar-refractivity contribution < 1.29 is 13.3 Å². The van der Waals surface area contributed by atoms with Crippen molar-refractivity contribution >= 4 is 44.6 Å². The summed E-state index contributed by atoms with van der Waals surface area (Å²) in [5, 5.41) is 11.4. The maximum atomic E-state index is 12.5. The highest BCUT2D eigenvalue weighted by atomic mass is 35.5. The fraction of sp³-hybridized carbons (Fsp3) is 0.143. The van der Waals surface area contributed by atoms with E-state index in [0.717, 1.165) is 6.07 Å². The highest BCUT2D eigenvalue weighted by Crippen LogP contribution is 2.31. The summed E-state index contributed by atoms with van der Waals surface area (Å²) >= 11 is 11.9. The van der Waals surface area contributed by atoms with Crippen LogP contribution in [0.15, 0.2) is 35.2 Å². The van der Waals surface area contributed by atoms with Gasteiger partial charge in [0.15, 0.2) is 0 Å². The zero-order valence-corrected chi connectivity index (χ0v) is 14.5. The van der Waals surface area contributed by atoms with Crippen LogP contribution in [0.25, 0.3) is 0 Å². The van der Waals surface area contributed by atoms with Gasteiger partial charge in [0, 0.05) is 16.7 Å². The maximum Gasteiger partial charge on any atom is 0.275 e. The summed E-state index contributed by atoms with van der Waals surface area (Å²) in [6.07, 6.45) is 0. The van der Waals surface area contributed by atoms with Gasteiger partial charge < -0.3 is 0 Å². The Balaban J connectivity index is 2.52. The Morgan fingerprint density at radius 3 is 2.35 bits per heavy atom. The van der Waals surface area contributed by atoms with Crippen molar-refractivity contribution in [3.05, 3.63) is 61.6 Å². The molecule has 2 aromatic rings. The van der Waals surface area contributed by atoms with Gasteiger partial charge in [-0.2, -0.15) is 0 Å². The summed E-state index contributed by atoms with van der Waals surface area (Å²) in [4.78, 5) is 10.1. The lowest BCUT2D eigenvalue weighted by molar-refractivity contribution is -0.385. The number of halogens is 2. The Morgan fingerprint density at radius 1 is 1.09 bits per heavy atom. The van der Waals surface area contributed by atoms with Gasteiger partial charge in [0.1, 0.15) is 0 Å². The summed E-state index contributed by atoms with van der Waals surface area (Å²) in [7, 11) is -4.05. The van der Waals surface area contributed by atoms with E-state index in [1.165, 1.54) is 13.0 Å². The fourth-order valence-corrected chi connectivity index (χ4v) is 3.53. The largest absolute Gasteiger partial charge is 0.279 e. The molecule has 0 bridgehead atoms. The second kappa shape index (κ2) is 6.35. The molecule has 0 amide bonds. The van der Waals surface area contributed by atoms with Crippen molar-refractivity contribution in [1.82, 2.24) is 0 Å². The van der Waals surface area contributed by atoms with Crippen LogP contribution in [-0.2, 0) is 10.0 Å². The molecule has 9 heteroatoms. The molecule has 0 aromatic heterocycles. The summed E-state index contributed by atoms with van der Waals surface area (Å²) in [6.45, 7) is 3.11. The van der Waals surface area contributed by atoms with Crippen molar-refractivity contribution in [2.45, 2.75) is 18.7 Å². The minimum Gasteiger partial charge on any atom is -0.279 e. The van der Waals surface area contributed by atoms with Crippen molar-refractivity contribution in [2.24, 2.45) is 0 Å². The minimum absolute atomic E-state index is 0.00221. The van der Waals surface area contributed by atoms with Gasteiger partial charge in [-0.15, -0.1) is 0 Å². The van der Waals surface area contributed by atoms with Gasteiger partial charge >= 0.3 is 0 Å². The summed E-state index contributed by atoms with van der Waals surface area (Å²) in [6, 6.07) is 6.92. The molecule has 0 unspecified atom stereocenters. The van der Waals surface area contributed by atoms with Gasteiger partial charge in [0.05, 0.1) is 20.5 Å². The molecule has 0 saturated heterocycles. The molecular weight excluding hydrogens is 363 g/mol. The molecule has 0 radical (unpaired) electrons. The Hall–Kier alpha value is -1.83. The first kappa shape index (κ1) is 17.5. The van der Waals surface area contributed by atoms with Crippen LogP contribution in [0.2, 0.25) is 10.0 Å². The van der Waals surface area contributed by atoms with Crippen molar-refractivity contribution in [1.29, 1.82) is 0 Å². The van der Waals surface area contributed by atoms with E-state index in [2.05, 4.69) is 4.72 Å². The van der Waals surface area contributed by atoms with E-state index in [1.54, 1.807) is 25.1 Å². The lowest BCUT2D eigenvalue weighted by atomic mass is 10.2. The lowest BCUT2D eigenvalue weighted by Crippen LogP contribution is -2.14. The third-order valence-electron chi connectivity index (χ3n) is 3.31. The summed E-state index contributed by atoms with van der Waals surface area (Å²) in [5.41, 5.74) is 0.678. The van der Waals surface area contributed by atoms with Crippen molar-refractivity contribution in [3.63, 3.8) is 0 Å². The average Bonchev–Trinajstić information content (AvgIpc) is 2.46. The molecule has 1 N–H and O–H groups in total. The molecule has 0 saturated carbocycles. The smallest absolute Gasteiger partial charge is 0.275 e. The number of benzene rings is 2. The zero-order chi connectivity index (χ0) is 17.4. The SMILES string of the molecule is Cc1c(Cl)cccc1NS(=O)(=O)c1cc(Cl)c(C)c([N+](=O)[O-])c1. The van der Waals surface area contributed by atoms with Crippen LogP contribution in [0.4, 0.5) is 11.4 Å². The monoisotopic (exact) mass is 374 g/mol. The molecule has 0 aliphatic carbocycles. The minimum atomic E-state index is -4.05. The Bertz CT molecular complexity index is 898. The Morgan fingerprint density at radius 2 is 1.74 bits per heavy atom. The number of nitrogens with one attached hydrogen (secondary N) is 1. The second-order valence-electron chi connectivity index (χ2n) is 4.82. The van der Waals surface area contributed by atoms with E-state index < -0.39 is 14.9 Å². The number of sulfonamides is 1. The van der Waals surface area contributed by atoms with E-state index in [4.69, 9.17) is 23.2 Å². The summed E-state index contributed by atoms with van der Waals surface area (Å²) < 4.78 is 27.3. The zero-order valence-electron chi connectivity index (χ0n) is 12.1. The van der Waals surface area contributed by atoms with Crippen LogP contribution >= 0.6 is 23.2 Å². The van der Waals surface area contributed by atoms with Crippen molar-refractivity contribution in [2.75, 3.05) is 4.72 Å². The number of nitrogens with zero attached hydrogens (tertiary/aromatic N) is 1. The predicted molar refractivity (Wildman–Crippen MR) is 89.8 cm³/mol. The third-order valence-corrected chi connectivity index (χ3v) is 5.46. The highest BCUT2D eigenvalue weighted by Gasteiger charge is 2.23. The molecule has 122 valence electrons. The van der Waals surface area contributed by atoms with E-state index >= 15 is 0 Å². The predicted octanol–water partition coefficient (Wildman–Crippen LogP) is 4.32. The fourth-order valence-electron chi connectivity index (χ4n) is 1.91.